The average Bonchev–Trinajstić information content (AvgIpc) is 2.60. The summed E-state index contributed by atoms with van der Waals surface area (Å²) >= 11 is 9.49. The Labute approximate surface area is 158 Å². The highest BCUT2D eigenvalue weighted by atomic mass is 79.9. The summed E-state index contributed by atoms with van der Waals surface area (Å²) in [7, 11) is 2.96. The van der Waals surface area contributed by atoms with Crippen molar-refractivity contribution in [3.8, 4) is 17.6 Å². The highest BCUT2D eigenvalue weighted by Gasteiger charge is 2.14. The van der Waals surface area contributed by atoms with Gasteiger partial charge >= 0.3 is 0 Å². The van der Waals surface area contributed by atoms with E-state index in [1.165, 1.54) is 20.3 Å². The van der Waals surface area contributed by atoms with Gasteiger partial charge in [0.2, 0.25) is 0 Å². The van der Waals surface area contributed by atoms with Crippen molar-refractivity contribution in [2.75, 3.05) is 19.5 Å². The molecule has 0 aliphatic carbocycles. The Morgan fingerprint density at radius 3 is 2.60 bits per heavy atom. The molecule has 1 amide bonds. The van der Waals surface area contributed by atoms with Gasteiger partial charge in [0.25, 0.3) is 5.91 Å². The van der Waals surface area contributed by atoms with E-state index in [-0.39, 0.29) is 5.57 Å². The first kappa shape index (κ1) is 18.8. The van der Waals surface area contributed by atoms with Crippen molar-refractivity contribution < 1.29 is 14.3 Å². The Morgan fingerprint density at radius 2 is 2.00 bits per heavy atom. The Hall–Kier alpha value is -2.49. The van der Waals surface area contributed by atoms with Crippen LogP contribution in [-0.2, 0) is 4.79 Å². The molecule has 1 N–H and O–H groups in total. The molecule has 0 spiro atoms. The maximum atomic E-state index is 12.4. The fourth-order valence-electron chi connectivity index (χ4n) is 2.09. The standard InChI is InChI=1S/C18H14BrClN2O3/c1-24-16-9-11(8-14(20)17(16)25-2)7-12(10-21)18(23)22-15-6-4-3-5-13(15)19/h3-9H,1-2H3,(H,22,23)/b12-7+. The Morgan fingerprint density at radius 1 is 1.28 bits per heavy atom. The minimum absolute atomic E-state index is 0.0703. The number of benzene rings is 2. The van der Waals surface area contributed by atoms with Crippen LogP contribution < -0.4 is 14.8 Å². The molecule has 2 aromatic rings. The zero-order valence-corrected chi connectivity index (χ0v) is 15.8. The lowest BCUT2D eigenvalue weighted by molar-refractivity contribution is -0.112. The van der Waals surface area contributed by atoms with E-state index in [0.29, 0.717) is 27.8 Å². The molecular formula is C18H14BrClN2O3. The number of anilines is 1. The summed E-state index contributed by atoms with van der Waals surface area (Å²) in [5, 5.41) is 12.3. The van der Waals surface area contributed by atoms with Gasteiger partial charge in [0.05, 0.1) is 24.9 Å². The van der Waals surface area contributed by atoms with Gasteiger partial charge in [-0.1, -0.05) is 23.7 Å². The van der Waals surface area contributed by atoms with Crippen LogP contribution >= 0.6 is 27.5 Å². The maximum absolute atomic E-state index is 12.4. The first-order valence-corrected chi connectivity index (χ1v) is 8.26. The van der Waals surface area contributed by atoms with Crippen molar-refractivity contribution in [2.45, 2.75) is 0 Å². The van der Waals surface area contributed by atoms with Gasteiger partial charge in [-0.05, 0) is 51.8 Å². The molecule has 0 atom stereocenters. The van der Waals surface area contributed by atoms with Gasteiger partial charge in [-0.2, -0.15) is 5.26 Å². The Bertz CT molecular complexity index is 875. The SMILES string of the molecule is COc1cc(/C=C(\C#N)C(=O)Nc2ccccc2Br)cc(Cl)c1OC. The minimum Gasteiger partial charge on any atom is -0.493 e. The number of carbonyl (C=O) groups is 1. The number of para-hydroxylation sites is 1. The smallest absolute Gasteiger partial charge is 0.266 e. The summed E-state index contributed by atoms with van der Waals surface area (Å²) in [6.45, 7) is 0. The van der Waals surface area contributed by atoms with E-state index in [1.54, 1.807) is 30.3 Å². The van der Waals surface area contributed by atoms with Crippen molar-refractivity contribution in [3.05, 3.63) is 57.0 Å². The number of amides is 1. The number of hydrogen-bond acceptors (Lipinski definition) is 4. The van der Waals surface area contributed by atoms with Crippen molar-refractivity contribution in [1.82, 2.24) is 0 Å². The number of hydrogen-bond donors (Lipinski definition) is 1. The second kappa shape index (κ2) is 8.56. The van der Waals surface area contributed by atoms with Crippen LogP contribution in [0.5, 0.6) is 11.5 Å². The van der Waals surface area contributed by atoms with E-state index in [2.05, 4.69) is 21.2 Å². The predicted molar refractivity (Wildman–Crippen MR) is 101 cm³/mol. The van der Waals surface area contributed by atoms with Gasteiger partial charge in [-0.25, -0.2) is 0 Å². The summed E-state index contributed by atoms with van der Waals surface area (Å²) in [6, 6.07) is 12.2. The van der Waals surface area contributed by atoms with Crippen LogP contribution in [0.1, 0.15) is 5.56 Å². The second-order valence-electron chi connectivity index (χ2n) is 4.84. The van der Waals surface area contributed by atoms with Gasteiger partial charge in [-0.3, -0.25) is 4.79 Å². The fraction of sp³-hybridized carbons (Fsp3) is 0.111. The highest BCUT2D eigenvalue weighted by molar-refractivity contribution is 9.10. The number of methoxy groups -OCH3 is 2. The first-order valence-electron chi connectivity index (χ1n) is 7.09. The number of ether oxygens (including phenoxy) is 2. The molecule has 0 bridgehead atoms. The van der Waals surface area contributed by atoms with Crippen molar-refractivity contribution >= 4 is 45.2 Å². The summed E-state index contributed by atoms with van der Waals surface area (Å²) in [5.41, 5.74) is 1.04. The normalized spacial score (nSPS) is 10.8. The molecule has 2 aromatic carbocycles. The topological polar surface area (TPSA) is 71.3 Å². The average molecular weight is 422 g/mol. The van der Waals surface area contributed by atoms with Gasteiger partial charge < -0.3 is 14.8 Å². The van der Waals surface area contributed by atoms with Gasteiger partial charge in [0.1, 0.15) is 11.6 Å². The molecule has 0 saturated carbocycles. The number of rotatable bonds is 5. The molecular weight excluding hydrogens is 408 g/mol. The van der Waals surface area contributed by atoms with Gasteiger partial charge in [-0.15, -0.1) is 0 Å². The van der Waals surface area contributed by atoms with Crippen molar-refractivity contribution in [2.24, 2.45) is 0 Å². The third kappa shape index (κ3) is 4.53. The number of nitriles is 1. The number of nitrogens with one attached hydrogen (secondary N) is 1. The predicted octanol–water partition coefficient (Wildman–Crippen LogP) is 4.67. The zero-order valence-electron chi connectivity index (χ0n) is 13.5. The summed E-state index contributed by atoms with van der Waals surface area (Å²) in [6.07, 6.45) is 1.43. The monoisotopic (exact) mass is 420 g/mol. The van der Waals surface area contributed by atoms with Crippen LogP contribution in [0.4, 0.5) is 5.69 Å². The van der Waals surface area contributed by atoms with E-state index in [1.807, 2.05) is 12.1 Å². The first-order chi connectivity index (χ1) is 12.0. The molecule has 0 aromatic heterocycles. The lowest BCUT2D eigenvalue weighted by Gasteiger charge is -2.10. The van der Waals surface area contributed by atoms with Crippen LogP contribution in [0.2, 0.25) is 5.02 Å². The number of halogens is 2. The number of carbonyl (C=O) groups excluding carboxylic acids is 1. The lowest BCUT2D eigenvalue weighted by atomic mass is 10.1. The third-order valence-electron chi connectivity index (χ3n) is 3.25. The third-order valence-corrected chi connectivity index (χ3v) is 4.23. The Kier molecular flexibility index (Phi) is 6.45. The molecule has 0 radical (unpaired) electrons. The van der Waals surface area contributed by atoms with Crippen LogP contribution in [-0.4, -0.2) is 20.1 Å². The van der Waals surface area contributed by atoms with E-state index < -0.39 is 5.91 Å². The molecule has 0 fully saturated rings. The number of nitrogens with zero attached hydrogens (tertiary/aromatic N) is 1. The summed E-state index contributed by atoms with van der Waals surface area (Å²) < 4.78 is 11.1. The summed E-state index contributed by atoms with van der Waals surface area (Å²) in [5.74, 6) is 0.266. The van der Waals surface area contributed by atoms with Gasteiger partial charge in [0.15, 0.2) is 11.5 Å². The molecule has 7 heteroatoms. The minimum atomic E-state index is -0.527. The van der Waals surface area contributed by atoms with Crippen molar-refractivity contribution in [1.29, 1.82) is 5.26 Å². The zero-order chi connectivity index (χ0) is 18.4. The van der Waals surface area contributed by atoms with E-state index in [4.69, 9.17) is 21.1 Å². The van der Waals surface area contributed by atoms with Gasteiger partial charge in [0, 0.05) is 4.47 Å². The second-order valence-corrected chi connectivity index (χ2v) is 6.10. The van der Waals surface area contributed by atoms with Crippen LogP contribution in [0.15, 0.2) is 46.4 Å². The molecule has 0 heterocycles. The molecule has 0 aliphatic rings. The summed E-state index contributed by atoms with van der Waals surface area (Å²) in [4.78, 5) is 12.4. The van der Waals surface area contributed by atoms with E-state index in [0.717, 1.165) is 4.47 Å². The van der Waals surface area contributed by atoms with E-state index in [9.17, 15) is 10.1 Å². The fourth-order valence-corrected chi connectivity index (χ4v) is 2.77. The quantitative estimate of drug-likeness (QED) is 0.563. The van der Waals surface area contributed by atoms with Crippen LogP contribution in [0.25, 0.3) is 6.08 Å². The molecule has 0 saturated heterocycles. The molecule has 25 heavy (non-hydrogen) atoms. The molecule has 0 aliphatic heterocycles. The Balaban J connectivity index is 2.34. The largest absolute Gasteiger partial charge is 0.493 e. The molecule has 128 valence electrons. The molecule has 2 rings (SSSR count). The maximum Gasteiger partial charge on any atom is 0.266 e. The van der Waals surface area contributed by atoms with Crippen molar-refractivity contribution in [3.63, 3.8) is 0 Å². The van der Waals surface area contributed by atoms with Crippen LogP contribution in [0, 0.1) is 11.3 Å². The lowest BCUT2D eigenvalue weighted by Crippen LogP contribution is -2.13. The molecule has 0 unspecified atom stereocenters. The van der Waals surface area contributed by atoms with E-state index >= 15 is 0 Å². The van der Waals surface area contributed by atoms with Crippen LogP contribution in [0.3, 0.4) is 0 Å². The highest BCUT2D eigenvalue weighted by Crippen LogP contribution is 2.36. The molecule has 5 nitrogen and oxygen atoms in total.